The monoisotopic (exact) mass is 400 g/mol. The maximum Gasteiger partial charge on any atom is 0.257 e. The topological polar surface area (TPSA) is 63.4 Å². The fourth-order valence-electron chi connectivity index (χ4n) is 2.12. The SMILES string of the molecule is CN(C)S(=O)(=O)c1ccc2oc(SCc3c(F)cccc3Cl)nc2c1. The van der Waals surface area contributed by atoms with Crippen LogP contribution in [0.2, 0.25) is 5.02 Å². The van der Waals surface area contributed by atoms with Gasteiger partial charge in [-0.3, -0.25) is 0 Å². The number of rotatable bonds is 5. The molecule has 9 heteroatoms. The van der Waals surface area contributed by atoms with Gasteiger partial charge in [0.25, 0.3) is 5.22 Å². The zero-order valence-corrected chi connectivity index (χ0v) is 15.8. The minimum absolute atomic E-state index is 0.131. The predicted octanol–water partition coefficient (Wildman–Crippen LogP) is 4.16. The number of halogens is 2. The van der Waals surface area contributed by atoms with Crippen LogP contribution in [-0.2, 0) is 15.8 Å². The molecule has 1 aromatic heterocycles. The summed E-state index contributed by atoms with van der Waals surface area (Å²) in [6.45, 7) is 0. The van der Waals surface area contributed by atoms with Crippen molar-refractivity contribution in [3.63, 3.8) is 0 Å². The molecule has 0 amide bonds. The second-order valence-electron chi connectivity index (χ2n) is 5.39. The Morgan fingerprint density at radius 1 is 1.28 bits per heavy atom. The summed E-state index contributed by atoms with van der Waals surface area (Å²) in [5.74, 6) is -0.142. The molecule has 0 aliphatic heterocycles. The second-order valence-corrected chi connectivity index (χ2v) is 8.87. The Labute approximate surface area is 153 Å². The third-order valence-electron chi connectivity index (χ3n) is 3.52. The highest BCUT2D eigenvalue weighted by atomic mass is 35.5. The Morgan fingerprint density at radius 3 is 2.72 bits per heavy atom. The number of sulfonamides is 1. The molecule has 3 rings (SSSR count). The van der Waals surface area contributed by atoms with Crippen LogP contribution in [0.25, 0.3) is 11.1 Å². The van der Waals surface area contributed by atoms with Crippen LogP contribution in [0.4, 0.5) is 4.39 Å². The molecule has 0 fully saturated rings. The van der Waals surface area contributed by atoms with Crippen LogP contribution >= 0.6 is 23.4 Å². The van der Waals surface area contributed by atoms with Gasteiger partial charge in [0.15, 0.2) is 5.58 Å². The van der Waals surface area contributed by atoms with E-state index in [1.165, 1.54) is 50.1 Å². The number of benzene rings is 2. The first-order valence-electron chi connectivity index (χ1n) is 7.18. The van der Waals surface area contributed by atoms with Gasteiger partial charge in [-0.15, -0.1) is 0 Å². The van der Waals surface area contributed by atoms with E-state index >= 15 is 0 Å². The van der Waals surface area contributed by atoms with E-state index < -0.39 is 15.8 Å². The number of hydrogen-bond donors (Lipinski definition) is 0. The summed E-state index contributed by atoms with van der Waals surface area (Å²) in [4.78, 5) is 4.40. The van der Waals surface area contributed by atoms with Gasteiger partial charge < -0.3 is 4.42 Å². The van der Waals surface area contributed by atoms with E-state index in [4.69, 9.17) is 16.0 Å². The molecule has 25 heavy (non-hydrogen) atoms. The molecule has 0 bridgehead atoms. The minimum atomic E-state index is -3.55. The van der Waals surface area contributed by atoms with Gasteiger partial charge in [-0.2, -0.15) is 0 Å². The molecule has 0 spiro atoms. The molecule has 0 aliphatic carbocycles. The van der Waals surface area contributed by atoms with E-state index in [1.54, 1.807) is 12.1 Å². The van der Waals surface area contributed by atoms with Gasteiger partial charge in [0.05, 0.1) is 4.90 Å². The lowest BCUT2D eigenvalue weighted by Gasteiger charge is -2.10. The van der Waals surface area contributed by atoms with Gasteiger partial charge in [0, 0.05) is 30.4 Å². The van der Waals surface area contributed by atoms with Gasteiger partial charge in [0.2, 0.25) is 10.0 Å². The van der Waals surface area contributed by atoms with Crippen molar-refractivity contribution < 1.29 is 17.2 Å². The van der Waals surface area contributed by atoms with Crippen LogP contribution in [0, 0.1) is 5.82 Å². The van der Waals surface area contributed by atoms with Crippen LogP contribution in [-0.4, -0.2) is 31.8 Å². The normalized spacial score (nSPS) is 12.2. The van der Waals surface area contributed by atoms with Gasteiger partial charge in [-0.25, -0.2) is 22.1 Å². The summed E-state index contributed by atoms with van der Waals surface area (Å²) in [6.07, 6.45) is 0. The van der Waals surface area contributed by atoms with E-state index in [0.717, 1.165) is 4.31 Å². The maximum absolute atomic E-state index is 13.8. The van der Waals surface area contributed by atoms with Crippen molar-refractivity contribution in [3.8, 4) is 0 Å². The quantitative estimate of drug-likeness (QED) is 0.601. The average Bonchev–Trinajstić information content (AvgIpc) is 2.96. The summed E-state index contributed by atoms with van der Waals surface area (Å²) in [7, 11) is -0.628. The third kappa shape index (κ3) is 3.67. The van der Waals surface area contributed by atoms with Crippen LogP contribution in [0.5, 0.6) is 0 Å². The summed E-state index contributed by atoms with van der Waals surface area (Å²) < 4.78 is 44.9. The fraction of sp³-hybridized carbons (Fsp3) is 0.188. The van der Waals surface area contributed by atoms with E-state index in [1.807, 2.05) is 0 Å². The molecule has 0 N–H and O–H groups in total. The molecule has 3 aromatic rings. The van der Waals surface area contributed by atoms with Gasteiger partial charge in [0.1, 0.15) is 11.3 Å². The fourth-order valence-corrected chi connectivity index (χ4v) is 4.23. The summed E-state index contributed by atoms with van der Waals surface area (Å²) in [5, 5.41) is 0.650. The first-order valence-corrected chi connectivity index (χ1v) is 9.98. The van der Waals surface area contributed by atoms with Crippen LogP contribution < -0.4 is 0 Å². The number of oxazole rings is 1. The molecule has 0 saturated carbocycles. The van der Waals surface area contributed by atoms with Crippen molar-refractivity contribution in [2.45, 2.75) is 15.9 Å². The highest BCUT2D eigenvalue weighted by Crippen LogP contribution is 2.31. The highest BCUT2D eigenvalue weighted by Gasteiger charge is 2.19. The lowest BCUT2D eigenvalue weighted by atomic mass is 10.2. The first kappa shape index (κ1) is 18.2. The molecule has 2 aromatic carbocycles. The molecule has 5 nitrogen and oxygen atoms in total. The summed E-state index contributed by atoms with van der Waals surface area (Å²) >= 11 is 7.18. The smallest absolute Gasteiger partial charge is 0.257 e. The Kier molecular flexibility index (Phi) is 5.06. The predicted molar refractivity (Wildman–Crippen MR) is 95.9 cm³/mol. The highest BCUT2D eigenvalue weighted by molar-refractivity contribution is 7.98. The van der Waals surface area contributed by atoms with Crippen molar-refractivity contribution in [1.29, 1.82) is 0 Å². The molecule has 0 saturated heterocycles. The number of fused-ring (bicyclic) bond motifs is 1. The maximum atomic E-state index is 13.8. The third-order valence-corrected chi connectivity index (χ3v) is 6.54. The van der Waals surface area contributed by atoms with E-state index in [0.29, 0.717) is 26.9 Å². The van der Waals surface area contributed by atoms with Crippen LogP contribution in [0.1, 0.15) is 5.56 Å². The summed E-state index contributed by atoms with van der Waals surface area (Å²) in [5.41, 5.74) is 1.25. The summed E-state index contributed by atoms with van der Waals surface area (Å²) in [6, 6.07) is 8.97. The molecule has 0 aliphatic rings. The number of aromatic nitrogens is 1. The van der Waals surface area contributed by atoms with E-state index in [2.05, 4.69) is 4.98 Å². The minimum Gasteiger partial charge on any atom is -0.431 e. The Morgan fingerprint density at radius 2 is 2.04 bits per heavy atom. The Hall–Kier alpha value is -1.61. The number of hydrogen-bond acceptors (Lipinski definition) is 5. The molecule has 0 atom stereocenters. The molecule has 0 unspecified atom stereocenters. The molecule has 132 valence electrons. The van der Waals surface area contributed by atoms with E-state index in [-0.39, 0.29) is 10.6 Å². The second kappa shape index (κ2) is 6.95. The molecular weight excluding hydrogens is 387 g/mol. The molecular formula is C16H14ClFN2O3S2. The molecule has 0 radical (unpaired) electrons. The first-order chi connectivity index (χ1) is 11.8. The van der Waals surface area contributed by atoms with Gasteiger partial charge in [-0.05, 0) is 30.3 Å². The van der Waals surface area contributed by atoms with Gasteiger partial charge >= 0.3 is 0 Å². The largest absolute Gasteiger partial charge is 0.431 e. The zero-order chi connectivity index (χ0) is 18.2. The van der Waals surface area contributed by atoms with Crippen molar-refractivity contribution in [3.05, 3.63) is 52.8 Å². The number of nitrogens with zero attached hydrogens (tertiary/aromatic N) is 2. The standard InChI is InChI=1S/C16H14ClFN2O3S2/c1-20(2)25(21,22)10-6-7-15-14(8-10)19-16(23-15)24-9-11-12(17)4-3-5-13(11)18/h3-8H,9H2,1-2H3. The zero-order valence-electron chi connectivity index (χ0n) is 13.4. The van der Waals surface area contributed by atoms with Crippen molar-refractivity contribution in [1.82, 2.24) is 9.29 Å². The van der Waals surface area contributed by atoms with Gasteiger partial charge in [-0.1, -0.05) is 29.4 Å². The lowest BCUT2D eigenvalue weighted by Crippen LogP contribution is -2.22. The average molecular weight is 401 g/mol. The Balaban J connectivity index is 1.87. The molecule has 1 heterocycles. The van der Waals surface area contributed by atoms with Crippen molar-refractivity contribution in [2.24, 2.45) is 0 Å². The van der Waals surface area contributed by atoms with Crippen LogP contribution in [0.3, 0.4) is 0 Å². The Bertz CT molecular complexity index is 1010. The van der Waals surface area contributed by atoms with E-state index in [9.17, 15) is 12.8 Å². The number of thioether (sulfide) groups is 1. The van der Waals surface area contributed by atoms with Crippen LogP contribution in [0.15, 0.2) is 50.9 Å². The van der Waals surface area contributed by atoms with Crippen molar-refractivity contribution >= 4 is 44.5 Å². The lowest BCUT2D eigenvalue weighted by molar-refractivity contribution is 0.489. The van der Waals surface area contributed by atoms with Crippen molar-refractivity contribution in [2.75, 3.05) is 14.1 Å².